The molecule has 0 unspecified atom stereocenters. The predicted molar refractivity (Wildman–Crippen MR) is 72.1 cm³/mol. The molecule has 0 heterocycles. The summed E-state index contributed by atoms with van der Waals surface area (Å²) in [6.07, 6.45) is 10.4. The summed E-state index contributed by atoms with van der Waals surface area (Å²) in [6, 6.07) is 0. The Balaban J connectivity index is 3.35. The predicted octanol–water partition coefficient (Wildman–Crippen LogP) is 3.29. The quantitative estimate of drug-likeness (QED) is 0.447. The molecule has 0 aromatic heterocycles. The molecule has 0 aromatic rings. The lowest BCUT2D eigenvalue weighted by molar-refractivity contribution is -0.883. The van der Waals surface area contributed by atoms with Crippen LogP contribution in [0.5, 0.6) is 0 Å². The van der Waals surface area contributed by atoms with E-state index in [1.807, 2.05) is 14.1 Å². The van der Waals surface area contributed by atoms with E-state index in [1.165, 1.54) is 44.9 Å². The smallest absolute Gasteiger partial charge is 0.359 e. The van der Waals surface area contributed by atoms with Crippen LogP contribution in [0.15, 0.2) is 0 Å². The monoisotopic (exact) mass is 244 g/mol. The van der Waals surface area contributed by atoms with Gasteiger partial charge in [-0.1, -0.05) is 45.4 Å². The van der Waals surface area contributed by atoms with E-state index < -0.39 is 5.97 Å². The van der Waals surface area contributed by atoms with E-state index in [1.54, 1.807) is 0 Å². The molecular formula is C14H30NO2+. The minimum absolute atomic E-state index is 0.233. The molecule has 3 nitrogen and oxygen atoms in total. The summed E-state index contributed by atoms with van der Waals surface area (Å²) < 4.78 is 0.602. The highest BCUT2D eigenvalue weighted by Gasteiger charge is 2.18. The zero-order valence-corrected chi connectivity index (χ0v) is 11.9. The first-order chi connectivity index (χ1) is 7.98. The van der Waals surface area contributed by atoms with E-state index >= 15 is 0 Å². The van der Waals surface area contributed by atoms with Gasteiger partial charge < -0.3 is 9.59 Å². The van der Waals surface area contributed by atoms with Crippen molar-refractivity contribution in [3.05, 3.63) is 0 Å². The first-order valence-corrected chi connectivity index (χ1v) is 7.02. The molecule has 1 N–H and O–H groups in total. The Hall–Kier alpha value is -0.570. The highest BCUT2D eigenvalue weighted by Crippen LogP contribution is 2.10. The zero-order valence-electron chi connectivity index (χ0n) is 11.9. The number of hydrogen-bond acceptors (Lipinski definition) is 1. The van der Waals surface area contributed by atoms with Crippen molar-refractivity contribution in [2.75, 3.05) is 27.2 Å². The molecule has 0 saturated carbocycles. The van der Waals surface area contributed by atoms with Gasteiger partial charge in [0.25, 0.3) is 0 Å². The lowest BCUT2D eigenvalue weighted by atomic mass is 10.1. The van der Waals surface area contributed by atoms with Gasteiger partial charge in [0, 0.05) is 0 Å². The van der Waals surface area contributed by atoms with Crippen molar-refractivity contribution in [1.29, 1.82) is 0 Å². The Labute approximate surface area is 106 Å². The van der Waals surface area contributed by atoms with Crippen LogP contribution in [0, 0.1) is 0 Å². The standard InChI is InChI=1S/C14H29NO2/c1-4-5-6-7-8-9-10-11-12-15(2,3)13-14(16)17/h4-13H2,1-3H3/p+1. The molecule has 0 amide bonds. The van der Waals surface area contributed by atoms with Gasteiger partial charge in [0.1, 0.15) is 0 Å². The van der Waals surface area contributed by atoms with E-state index in [2.05, 4.69) is 6.92 Å². The normalized spacial score (nSPS) is 11.7. The fourth-order valence-corrected chi connectivity index (χ4v) is 2.12. The first-order valence-electron chi connectivity index (χ1n) is 7.02. The van der Waals surface area contributed by atoms with Crippen molar-refractivity contribution < 1.29 is 14.4 Å². The fourth-order valence-electron chi connectivity index (χ4n) is 2.12. The molecule has 0 aliphatic rings. The van der Waals surface area contributed by atoms with Gasteiger partial charge in [0.2, 0.25) is 0 Å². The number of carboxylic acid groups (broad SMARTS) is 1. The molecule has 0 aromatic carbocycles. The summed E-state index contributed by atoms with van der Waals surface area (Å²) >= 11 is 0. The van der Waals surface area contributed by atoms with E-state index in [0.717, 1.165) is 13.0 Å². The molecule has 0 atom stereocenters. The fraction of sp³-hybridized carbons (Fsp3) is 0.929. The largest absolute Gasteiger partial charge is 0.477 e. The van der Waals surface area contributed by atoms with E-state index in [0.29, 0.717) is 4.48 Å². The lowest BCUT2D eigenvalue weighted by Gasteiger charge is -2.27. The second kappa shape index (κ2) is 9.46. The maximum Gasteiger partial charge on any atom is 0.359 e. The maximum atomic E-state index is 10.6. The SMILES string of the molecule is CCCCCCCCCC[N+](C)(C)CC(=O)O. The summed E-state index contributed by atoms with van der Waals surface area (Å²) in [4.78, 5) is 10.6. The second-order valence-corrected chi connectivity index (χ2v) is 5.69. The molecular weight excluding hydrogens is 214 g/mol. The molecule has 0 rings (SSSR count). The van der Waals surface area contributed by atoms with Crippen molar-refractivity contribution in [3.63, 3.8) is 0 Å². The molecule has 0 radical (unpaired) electrons. The Kier molecular flexibility index (Phi) is 9.14. The second-order valence-electron chi connectivity index (χ2n) is 5.69. The van der Waals surface area contributed by atoms with Crippen LogP contribution in [-0.4, -0.2) is 42.7 Å². The van der Waals surface area contributed by atoms with E-state index in [-0.39, 0.29) is 6.54 Å². The van der Waals surface area contributed by atoms with E-state index in [4.69, 9.17) is 5.11 Å². The molecule has 3 heteroatoms. The number of carbonyl (C=O) groups is 1. The molecule has 0 fully saturated rings. The van der Waals surface area contributed by atoms with Crippen LogP contribution in [0.3, 0.4) is 0 Å². The summed E-state index contributed by atoms with van der Waals surface area (Å²) in [7, 11) is 3.99. The number of quaternary nitrogens is 1. The van der Waals surface area contributed by atoms with Crippen LogP contribution in [0.1, 0.15) is 58.3 Å². The summed E-state index contributed by atoms with van der Waals surface area (Å²) in [5, 5.41) is 8.76. The Morgan fingerprint density at radius 2 is 1.41 bits per heavy atom. The van der Waals surface area contributed by atoms with Crippen LogP contribution in [0.2, 0.25) is 0 Å². The third kappa shape index (κ3) is 11.7. The topological polar surface area (TPSA) is 37.3 Å². The summed E-state index contributed by atoms with van der Waals surface area (Å²) in [6.45, 7) is 3.44. The van der Waals surface area contributed by atoms with Crippen LogP contribution >= 0.6 is 0 Å². The number of aliphatic carboxylic acids is 1. The van der Waals surface area contributed by atoms with Gasteiger partial charge in [0.05, 0.1) is 20.6 Å². The molecule has 0 bridgehead atoms. The van der Waals surface area contributed by atoms with Gasteiger partial charge in [-0.05, 0) is 12.8 Å². The van der Waals surface area contributed by atoms with Gasteiger partial charge in [-0.3, -0.25) is 0 Å². The molecule has 0 spiro atoms. The third-order valence-electron chi connectivity index (χ3n) is 3.18. The Bertz CT molecular complexity index is 202. The summed E-state index contributed by atoms with van der Waals surface area (Å²) in [5.74, 6) is -0.699. The number of unbranched alkanes of at least 4 members (excludes halogenated alkanes) is 7. The minimum atomic E-state index is -0.699. The van der Waals surface area contributed by atoms with E-state index in [9.17, 15) is 4.79 Å². The van der Waals surface area contributed by atoms with Gasteiger partial charge in [-0.25, -0.2) is 4.79 Å². The van der Waals surface area contributed by atoms with Crippen molar-refractivity contribution in [3.8, 4) is 0 Å². The molecule has 102 valence electrons. The number of nitrogens with zero attached hydrogens (tertiary/aromatic N) is 1. The zero-order chi connectivity index (χ0) is 13.1. The lowest BCUT2D eigenvalue weighted by Crippen LogP contribution is -2.44. The number of rotatable bonds is 11. The van der Waals surface area contributed by atoms with Crippen LogP contribution in [0.25, 0.3) is 0 Å². The maximum absolute atomic E-state index is 10.6. The molecule has 0 aliphatic heterocycles. The number of carboxylic acids is 1. The van der Waals surface area contributed by atoms with Crippen LogP contribution in [-0.2, 0) is 4.79 Å². The molecule has 17 heavy (non-hydrogen) atoms. The minimum Gasteiger partial charge on any atom is -0.477 e. The van der Waals surface area contributed by atoms with Crippen LogP contribution in [0.4, 0.5) is 0 Å². The molecule has 0 aliphatic carbocycles. The molecule has 0 saturated heterocycles. The van der Waals surface area contributed by atoms with Crippen LogP contribution < -0.4 is 0 Å². The summed E-state index contributed by atoms with van der Waals surface area (Å²) in [5.41, 5.74) is 0. The highest BCUT2D eigenvalue weighted by molar-refractivity contribution is 5.67. The Morgan fingerprint density at radius 1 is 0.941 bits per heavy atom. The number of hydrogen-bond donors (Lipinski definition) is 1. The van der Waals surface area contributed by atoms with Crippen molar-refractivity contribution in [2.24, 2.45) is 0 Å². The third-order valence-corrected chi connectivity index (χ3v) is 3.18. The average molecular weight is 244 g/mol. The van der Waals surface area contributed by atoms with Gasteiger partial charge >= 0.3 is 5.97 Å². The van der Waals surface area contributed by atoms with Gasteiger partial charge in [-0.2, -0.15) is 0 Å². The van der Waals surface area contributed by atoms with Crippen molar-refractivity contribution in [1.82, 2.24) is 0 Å². The highest BCUT2D eigenvalue weighted by atomic mass is 16.4. The van der Waals surface area contributed by atoms with Crippen molar-refractivity contribution >= 4 is 5.97 Å². The van der Waals surface area contributed by atoms with Gasteiger partial charge in [-0.15, -0.1) is 0 Å². The van der Waals surface area contributed by atoms with Gasteiger partial charge in [0.15, 0.2) is 6.54 Å². The number of likely N-dealkylation sites (N-methyl/N-ethyl adjacent to an activating group) is 1. The average Bonchev–Trinajstić information content (AvgIpc) is 2.20. The Morgan fingerprint density at radius 3 is 1.88 bits per heavy atom. The first kappa shape index (κ1) is 16.4. The van der Waals surface area contributed by atoms with Crippen molar-refractivity contribution in [2.45, 2.75) is 58.3 Å².